The third-order valence-corrected chi connectivity index (χ3v) is 3.73. The molecule has 0 aliphatic carbocycles. The molecule has 26 heavy (non-hydrogen) atoms. The summed E-state index contributed by atoms with van der Waals surface area (Å²) in [4.78, 5) is 24.1. The van der Waals surface area contributed by atoms with Crippen LogP contribution in [0.25, 0.3) is 0 Å². The van der Waals surface area contributed by atoms with Crippen LogP contribution in [0, 0.1) is 5.92 Å². The average molecular weight is 375 g/mol. The maximum Gasteiger partial charge on any atom is 0.251 e. The van der Waals surface area contributed by atoms with Gasteiger partial charge in [0.1, 0.15) is 5.75 Å². The van der Waals surface area contributed by atoms with Gasteiger partial charge >= 0.3 is 0 Å². The molecule has 0 aliphatic rings. The summed E-state index contributed by atoms with van der Waals surface area (Å²) in [6.45, 7) is 4.93. The topological polar surface area (TPSA) is 67.4 Å². The lowest BCUT2D eigenvalue weighted by Gasteiger charge is -2.14. The highest BCUT2D eigenvalue weighted by Gasteiger charge is 2.10. The Kier molecular flexibility index (Phi) is 7.48. The highest BCUT2D eigenvalue weighted by atomic mass is 35.5. The fourth-order valence-electron chi connectivity index (χ4n) is 2.16. The number of hydrogen-bond donors (Lipinski definition) is 2. The lowest BCUT2D eigenvalue weighted by Crippen LogP contribution is -2.27. The van der Waals surface area contributed by atoms with E-state index in [1.165, 1.54) is 0 Å². The number of halogens is 1. The fourth-order valence-corrected chi connectivity index (χ4v) is 2.28. The van der Waals surface area contributed by atoms with Crippen LogP contribution in [-0.4, -0.2) is 25.0 Å². The van der Waals surface area contributed by atoms with Gasteiger partial charge in [-0.2, -0.15) is 0 Å². The Bertz CT molecular complexity index is 745. The van der Waals surface area contributed by atoms with E-state index in [2.05, 4.69) is 24.5 Å². The number of benzene rings is 2. The summed E-state index contributed by atoms with van der Waals surface area (Å²) in [7, 11) is 0. The zero-order valence-corrected chi connectivity index (χ0v) is 15.7. The second-order valence-corrected chi connectivity index (χ2v) is 6.70. The van der Waals surface area contributed by atoms with Gasteiger partial charge in [-0.3, -0.25) is 9.59 Å². The van der Waals surface area contributed by atoms with E-state index in [4.69, 9.17) is 16.3 Å². The van der Waals surface area contributed by atoms with Crippen molar-refractivity contribution in [3.05, 3.63) is 59.1 Å². The summed E-state index contributed by atoms with van der Waals surface area (Å²) in [5, 5.41) is 6.11. The molecule has 0 bridgehead atoms. The minimum Gasteiger partial charge on any atom is -0.491 e. The lowest BCUT2D eigenvalue weighted by atomic mass is 10.2. The SMILES string of the molecule is CC(C)COc1ccccc1NC(=O)CCNC(=O)c1ccc(Cl)cc1. The Hall–Kier alpha value is -2.53. The van der Waals surface area contributed by atoms with Gasteiger partial charge in [0.05, 0.1) is 12.3 Å². The number of anilines is 1. The van der Waals surface area contributed by atoms with E-state index < -0.39 is 0 Å². The minimum absolute atomic E-state index is 0.165. The van der Waals surface area contributed by atoms with Crippen molar-refractivity contribution in [1.82, 2.24) is 5.32 Å². The van der Waals surface area contributed by atoms with Crippen LogP contribution in [-0.2, 0) is 4.79 Å². The molecule has 0 saturated carbocycles. The normalized spacial score (nSPS) is 10.5. The molecule has 0 radical (unpaired) electrons. The Morgan fingerprint density at radius 1 is 1.08 bits per heavy atom. The molecule has 2 N–H and O–H groups in total. The fraction of sp³-hybridized carbons (Fsp3) is 0.300. The van der Waals surface area contributed by atoms with E-state index in [-0.39, 0.29) is 24.8 Å². The zero-order valence-electron chi connectivity index (χ0n) is 14.9. The van der Waals surface area contributed by atoms with Crippen molar-refractivity contribution < 1.29 is 14.3 Å². The average Bonchev–Trinajstić information content (AvgIpc) is 2.61. The Labute approximate surface area is 158 Å². The number of amides is 2. The molecule has 0 aliphatic heterocycles. The molecule has 0 heterocycles. The lowest BCUT2D eigenvalue weighted by molar-refractivity contribution is -0.116. The second kappa shape index (κ2) is 9.82. The molecule has 0 spiro atoms. The molecular weight excluding hydrogens is 352 g/mol. The first-order valence-electron chi connectivity index (χ1n) is 8.51. The standard InChI is InChI=1S/C20H23ClN2O3/c1-14(2)13-26-18-6-4-3-5-17(18)23-19(24)11-12-22-20(25)15-7-9-16(21)10-8-15/h3-10,14H,11-13H2,1-2H3,(H,22,25)(H,23,24). The molecule has 138 valence electrons. The predicted molar refractivity (Wildman–Crippen MR) is 104 cm³/mol. The molecule has 2 amide bonds. The third kappa shape index (κ3) is 6.41. The van der Waals surface area contributed by atoms with Gasteiger partial charge in [-0.05, 0) is 42.3 Å². The Morgan fingerprint density at radius 2 is 1.77 bits per heavy atom. The van der Waals surface area contributed by atoms with Crippen LogP contribution >= 0.6 is 11.6 Å². The molecule has 2 rings (SSSR count). The highest BCUT2D eigenvalue weighted by molar-refractivity contribution is 6.30. The summed E-state index contributed by atoms with van der Waals surface area (Å²) < 4.78 is 5.71. The second-order valence-electron chi connectivity index (χ2n) is 6.26. The molecule has 0 saturated heterocycles. The van der Waals surface area contributed by atoms with Crippen molar-refractivity contribution in [2.24, 2.45) is 5.92 Å². The molecular formula is C20H23ClN2O3. The molecule has 0 aromatic heterocycles. The molecule has 2 aromatic carbocycles. The van der Waals surface area contributed by atoms with Crippen LogP contribution in [0.1, 0.15) is 30.6 Å². The number of ether oxygens (including phenoxy) is 1. The van der Waals surface area contributed by atoms with Crippen molar-refractivity contribution in [3.8, 4) is 5.75 Å². The van der Waals surface area contributed by atoms with Crippen molar-refractivity contribution >= 4 is 29.1 Å². The number of carbonyl (C=O) groups excluding carboxylic acids is 2. The molecule has 6 heteroatoms. The first kappa shape index (κ1) is 19.8. The zero-order chi connectivity index (χ0) is 18.9. The van der Waals surface area contributed by atoms with Crippen LogP contribution < -0.4 is 15.4 Å². The van der Waals surface area contributed by atoms with Crippen LogP contribution in [0.5, 0.6) is 5.75 Å². The first-order chi connectivity index (χ1) is 12.5. The summed E-state index contributed by atoms with van der Waals surface area (Å²) >= 11 is 5.80. The van der Waals surface area contributed by atoms with Crippen LogP contribution in [0.3, 0.4) is 0 Å². The monoisotopic (exact) mass is 374 g/mol. The maximum atomic E-state index is 12.1. The number of rotatable bonds is 8. The summed E-state index contributed by atoms with van der Waals surface area (Å²) in [5.74, 6) is 0.596. The van der Waals surface area contributed by atoms with E-state index in [0.29, 0.717) is 34.5 Å². The summed E-state index contributed by atoms with van der Waals surface area (Å²) in [5.41, 5.74) is 1.13. The summed E-state index contributed by atoms with van der Waals surface area (Å²) in [6.07, 6.45) is 0.165. The van der Waals surface area contributed by atoms with E-state index in [1.807, 2.05) is 18.2 Å². The van der Waals surface area contributed by atoms with Gasteiger partial charge in [0, 0.05) is 23.6 Å². The van der Waals surface area contributed by atoms with Crippen molar-refractivity contribution in [1.29, 1.82) is 0 Å². The van der Waals surface area contributed by atoms with Gasteiger partial charge in [0.25, 0.3) is 5.91 Å². The largest absolute Gasteiger partial charge is 0.491 e. The van der Waals surface area contributed by atoms with Crippen LogP contribution in [0.2, 0.25) is 5.02 Å². The number of nitrogens with one attached hydrogen (secondary N) is 2. The number of hydrogen-bond acceptors (Lipinski definition) is 3. The van der Waals surface area contributed by atoms with Crippen LogP contribution in [0.15, 0.2) is 48.5 Å². The predicted octanol–water partition coefficient (Wildman–Crippen LogP) is 4.13. The van der Waals surface area contributed by atoms with Crippen molar-refractivity contribution in [2.45, 2.75) is 20.3 Å². The Balaban J connectivity index is 1.82. The Morgan fingerprint density at radius 3 is 2.46 bits per heavy atom. The van der Waals surface area contributed by atoms with Gasteiger partial charge in [-0.15, -0.1) is 0 Å². The smallest absolute Gasteiger partial charge is 0.251 e. The van der Waals surface area contributed by atoms with E-state index in [9.17, 15) is 9.59 Å². The summed E-state index contributed by atoms with van der Waals surface area (Å²) in [6, 6.07) is 13.9. The molecule has 0 atom stereocenters. The van der Waals surface area contributed by atoms with Crippen LogP contribution in [0.4, 0.5) is 5.69 Å². The van der Waals surface area contributed by atoms with Gasteiger partial charge in [0.15, 0.2) is 0 Å². The van der Waals surface area contributed by atoms with Crippen molar-refractivity contribution in [3.63, 3.8) is 0 Å². The van der Waals surface area contributed by atoms with Gasteiger partial charge in [-0.25, -0.2) is 0 Å². The molecule has 0 fully saturated rings. The quantitative estimate of drug-likeness (QED) is 0.729. The van der Waals surface area contributed by atoms with Gasteiger partial charge < -0.3 is 15.4 Å². The van der Waals surface area contributed by atoms with Crippen molar-refractivity contribution in [2.75, 3.05) is 18.5 Å². The highest BCUT2D eigenvalue weighted by Crippen LogP contribution is 2.24. The number of para-hydroxylation sites is 2. The molecule has 2 aromatic rings. The van der Waals surface area contributed by atoms with Gasteiger partial charge in [0.2, 0.25) is 5.91 Å². The first-order valence-corrected chi connectivity index (χ1v) is 8.89. The minimum atomic E-state index is -0.241. The molecule has 0 unspecified atom stereocenters. The van der Waals surface area contributed by atoms with E-state index in [0.717, 1.165) is 0 Å². The number of carbonyl (C=O) groups is 2. The molecule has 5 nitrogen and oxygen atoms in total. The van der Waals surface area contributed by atoms with Gasteiger partial charge in [-0.1, -0.05) is 37.6 Å². The maximum absolute atomic E-state index is 12.1. The van der Waals surface area contributed by atoms with E-state index in [1.54, 1.807) is 30.3 Å². The van der Waals surface area contributed by atoms with E-state index >= 15 is 0 Å². The third-order valence-electron chi connectivity index (χ3n) is 3.48.